The smallest absolute Gasteiger partial charge is 0.271 e. The third kappa shape index (κ3) is 4.05. The highest BCUT2D eigenvalue weighted by atomic mass is 35.5. The number of aromatic nitrogens is 3. The SMILES string of the molecule is CN=S(=O)(NC)c1ccc(Nc2ncc3cc(Cl)c(=O)n(C4CCCC4)c3n2)c(C)c1. The van der Waals surface area contributed by atoms with Gasteiger partial charge in [0.05, 0.1) is 4.90 Å². The van der Waals surface area contributed by atoms with Gasteiger partial charge in [-0.25, -0.2) is 18.3 Å². The van der Waals surface area contributed by atoms with Crippen molar-refractivity contribution in [1.29, 1.82) is 0 Å². The fourth-order valence-corrected chi connectivity index (χ4v) is 5.46. The number of rotatable bonds is 5. The van der Waals surface area contributed by atoms with Crippen LogP contribution in [0.15, 0.2) is 44.5 Å². The van der Waals surface area contributed by atoms with Crippen LogP contribution in [0.2, 0.25) is 5.02 Å². The van der Waals surface area contributed by atoms with Gasteiger partial charge in [0.2, 0.25) is 5.95 Å². The average molecular weight is 461 g/mol. The van der Waals surface area contributed by atoms with E-state index in [2.05, 4.69) is 24.4 Å². The quantitative estimate of drug-likeness (QED) is 0.594. The van der Waals surface area contributed by atoms with E-state index in [-0.39, 0.29) is 16.6 Å². The first-order valence-electron chi connectivity index (χ1n) is 10.2. The van der Waals surface area contributed by atoms with E-state index in [4.69, 9.17) is 11.6 Å². The Balaban J connectivity index is 1.74. The number of pyridine rings is 1. The second-order valence-corrected chi connectivity index (χ2v) is 10.3. The molecule has 0 spiro atoms. The van der Waals surface area contributed by atoms with Crippen LogP contribution in [0.25, 0.3) is 11.0 Å². The summed E-state index contributed by atoms with van der Waals surface area (Å²) in [5.41, 5.74) is 2.02. The highest BCUT2D eigenvalue weighted by Crippen LogP contribution is 2.31. The second-order valence-electron chi connectivity index (χ2n) is 7.59. The Morgan fingerprint density at radius 2 is 2.00 bits per heavy atom. The highest BCUT2D eigenvalue weighted by Gasteiger charge is 2.22. The van der Waals surface area contributed by atoms with Crippen molar-refractivity contribution < 1.29 is 4.21 Å². The zero-order valence-corrected chi connectivity index (χ0v) is 19.3. The molecule has 31 heavy (non-hydrogen) atoms. The summed E-state index contributed by atoms with van der Waals surface area (Å²) in [5.74, 6) is 0.381. The topological polar surface area (TPSA) is 101 Å². The Bertz CT molecular complexity index is 1320. The maximum atomic E-state index is 12.8. The van der Waals surface area contributed by atoms with E-state index < -0.39 is 9.92 Å². The Labute approximate surface area is 186 Å². The highest BCUT2D eigenvalue weighted by molar-refractivity contribution is 7.91. The maximum absolute atomic E-state index is 12.8. The van der Waals surface area contributed by atoms with E-state index in [1.165, 1.54) is 7.05 Å². The summed E-state index contributed by atoms with van der Waals surface area (Å²) >= 11 is 6.20. The summed E-state index contributed by atoms with van der Waals surface area (Å²) in [4.78, 5) is 22.4. The molecule has 1 atom stereocenters. The van der Waals surface area contributed by atoms with Crippen molar-refractivity contribution in [2.75, 3.05) is 19.4 Å². The van der Waals surface area contributed by atoms with Gasteiger partial charge < -0.3 is 5.32 Å². The lowest BCUT2D eigenvalue weighted by Crippen LogP contribution is -2.25. The van der Waals surface area contributed by atoms with Gasteiger partial charge in [-0.3, -0.25) is 9.36 Å². The first kappa shape index (κ1) is 21.7. The maximum Gasteiger partial charge on any atom is 0.271 e. The summed E-state index contributed by atoms with van der Waals surface area (Å²) in [6, 6.07) is 7.13. The monoisotopic (exact) mass is 460 g/mol. The minimum Gasteiger partial charge on any atom is -0.324 e. The van der Waals surface area contributed by atoms with E-state index in [0.717, 1.165) is 42.3 Å². The van der Waals surface area contributed by atoms with Gasteiger partial charge in [0.1, 0.15) is 20.6 Å². The van der Waals surface area contributed by atoms with E-state index in [1.54, 1.807) is 29.9 Å². The molecule has 164 valence electrons. The standard InChI is InChI=1S/C21H25ClN6O2S/c1-13-10-16(31(30,23-2)24-3)8-9-18(13)26-21-25-12-14-11-17(22)20(29)28(19(14)27-21)15-6-4-5-7-15/h8-12,15H,4-7H2,1-3H3,(H,23,24,30)(H,25,26,27). The Morgan fingerprint density at radius 3 is 2.65 bits per heavy atom. The number of hydrogen-bond acceptors (Lipinski definition) is 6. The van der Waals surface area contributed by atoms with Crippen molar-refractivity contribution in [1.82, 2.24) is 19.3 Å². The summed E-state index contributed by atoms with van der Waals surface area (Å²) in [5, 5.41) is 4.13. The zero-order chi connectivity index (χ0) is 22.2. The van der Waals surface area contributed by atoms with Crippen molar-refractivity contribution in [2.45, 2.75) is 43.5 Å². The first-order valence-corrected chi connectivity index (χ1v) is 12.0. The summed E-state index contributed by atoms with van der Waals surface area (Å²) in [6.07, 6.45) is 5.74. The largest absolute Gasteiger partial charge is 0.324 e. The molecule has 3 aromatic rings. The molecule has 8 nitrogen and oxygen atoms in total. The number of aryl methyl sites for hydroxylation is 1. The van der Waals surface area contributed by atoms with Gasteiger partial charge in [0.15, 0.2) is 0 Å². The Hall–Kier alpha value is -2.49. The van der Waals surface area contributed by atoms with E-state index in [0.29, 0.717) is 16.5 Å². The average Bonchev–Trinajstić information content (AvgIpc) is 3.30. The molecule has 0 saturated heterocycles. The molecule has 1 saturated carbocycles. The van der Waals surface area contributed by atoms with Crippen molar-refractivity contribution in [3.05, 3.63) is 51.4 Å². The number of nitrogens with one attached hydrogen (secondary N) is 2. The van der Waals surface area contributed by atoms with Crippen LogP contribution in [0.4, 0.5) is 11.6 Å². The minimum absolute atomic E-state index is 0.102. The fraction of sp³-hybridized carbons (Fsp3) is 0.381. The van der Waals surface area contributed by atoms with Crippen LogP contribution < -0.4 is 15.6 Å². The van der Waals surface area contributed by atoms with Crippen LogP contribution in [0.3, 0.4) is 0 Å². The third-order valence-electron chi connectivity index (χ3n) is 5.72. The van der Waals surface area contributed by atoms with Gasteiger partial charge in [0, 0.05) is 30.4 Å². The van der Waals surface area contributed by atoms with Gasteiger partial charge in [-0.1, -0.05) is 24.4 Å². The molecule has 0 aliphatic heterocycles. The fourth-order valence-electron chi connectivity index (χ4n) is 4.03. The minimum atomic E-state index is -2.64. The predicted octanol–water partition coefficient (Wildman–Crippen LogP) is 4.20. The second kappa shape index (κ2) is 8.57. The Kier molecular flexibility index (Phi) is 6.00. The number of benzene rings is 1. The molecule has 4 rings (SSSR count). The molecular weight excluding hydrogens is 436 g/mol. The van der Waals surface area contributed by atoms with Crippen molar-refractivity contribution in [2.24, 2.45) is 4.36 Å². The Morgan fingerprint density at radius 1 is 1.26 bits per heavy atom. The van der Waals surface area contributed by atoms with Gasteiger partial charge in [-0.05, 0) is 56.6 Å². The molecular formula is C21H25ClN6O2S. The van der Waals surface area contributed by atoms with Crippen molar-refractivity contribution >= 4 is 44.2 Å². The van der Waals surface area contributed by atoms with E-state index >= 15 is 0 Å². The van der Waals surface area contributed by atoms with Crippen LogP contribution in [0.5, 0.6) is 0 Å². The van der Waals surface area contributed by atoms with Gasteiger partial charge in [0.25, 0.3) is 5.56 Å². The van der Waals surface area contributed by atoms with Crippen molar-refractivity contribution in [3.63, 3.8) is 0 Å². The first-order chi connectivity index (χ1) is 14.9. The van der Waals surface area contributed by atoms with E-state index in [1.807, 2.05) is 19.1 Å². The molecule has 1 fully saturated rings. The number of nitrogens with zero attached hydrogens (tertiary/aromatic N) is 4. The van der Waals surface area contributed by atoms with Gasteiger partial charge in [-0.2, -0.15) is 4.98 Å². The zero-order valence-electron chi connectivity index (χ0n) is 17.7. The van der Waals surface area contributed by atoms with Crippen LogP contribution >= 0.6 is 11.6 Å². The predicted molar refractivity (Wildman–Crippen MR) is 125 cm³/mol. The summed E-state index contributed by atoms with van der Waals surface area (Å²) in [6.45, 7) is 1.91. The molecule has 1 aromatic carbocycles. The third-order valence-corrected chi connectivity index (χ3v) is 7.95. The molecule has 1 aliphatic carbocycles. The van der Waals surface area contributed by atoms with Crippen LogP contribution in [0.1, 0.15) is 37.3 Å². The van der Waals surface area contributed by atoms with Crippen LogP contribution in [0, 0.1) is 6.92 Å². The molecule has 2 heterocycles. The van der Waals surface area contributed by atoms with Crippen LogP contribution in [-0.2, 0) is 9.92 Å². The molecule has 0 radical (unpaired) electrons. The van der Waals surface area contributed by atoms with Crippen molar-refractivity contribution in [3.8, 4) is 0 Å². The van der Waals surface area contributed by atoms with Gasteiger partial charge >= 0.3 is 0 Å². The molecule has 1 unspecified atom stereocenters. The molecule has 0 amide bonds. The number of fused-ring (bicyclic) bond motifs is 1. The molecule has 0 bridgehead atoms. The normalized spacial score (nSPS) is 16.4. The number of anilines is 2. The summed E-state index contributed by atoms with van der Waals surface area (Å²) in [7, 11) is 0.505. The number of hydrogen-bond donors (Lipinski definition) is 2. The van der Waals surface area contributed by atoms with Crippen LogP contribution in [-0.4, -0.2) is 32.8 Å². The molecule has 10 heteroatoms. The van der Waals surface area contributed by atoms with E-state index in [9.17, 15) is 9.00 Å². The lowest BCUT2D eigenvalue weighted by molar-refractivity contribution is 0.516. The lowest BCUT2D eigenvalue weighted by Gasteiger charge is -2.17. The van der Waals surface area contributed by atoms with Gasteiger partial charge in [-0.15, -0.1) is 0 Å². The lowest BCUT2D eigenvalue weighted by atomic mass is 10.2. The molecule has 1 aliphatic rings. The molecule has 2 aromatic heterocycles. The number of halogens is 1. The molecule has 2 N–H and O–H groups in total. The summed E-state index contributed by atoms with van der Waals surface area (Å²) < 4.78 is 21.2.